The van der Waals surface area contributed by atoms with E-state index in [1.54, 1.807) is 0 Å². The van der Waals surface area contributed by atoms with Gasteiger partial charge in [-0.25, -0.2) is 9.13 Å². The van der Waals surface area contributed by atoms with Crippen LogP contribution in [0.3, 0.4) is 0 Å². The second kappa shape index (κ2) is 82.2. The summed E-state index contributed by atoms with van der Waals surface area (Å²) in [6.07, 6.45) is 76.4. The van der Waals surface area contributed by atoms with Gasteiger partial charge < -0.3 is 33.8 Å². The van der Waals surface area contributed by atoms with Crippen molar-refractivity contribution in [3.8, 4) is 0 Å². The van der Waals surface area contributed by atoms with E-state index in [9.17, 15) is 43.2 Å². The minimum absolute atomic E-state index is 0.108. The van der Waals surface area contributed by atoms with Gasteiger partial charge >= 0.3 is 39.5 Å². The predicted molar refractivity (Wildman–Crippen MR) is 455 cm³/mol. The van der Waals surface area contributed by atoms with Gasteiger partial charge in [0.2, 0.25) is 0 Å². The van der Waals surface area contributed by atoms with E-state index < -0.39 is 97.5 Å². The van der Waals surface area contributed by atoms with E-state index in [4.69, 9.17) is 37.0 Å². The van der Waals surface area contributed by atoms with E-state index in [0.717, 1.165) is 102 Å². The monoisotopic (exact) mass is 1610 g/mol. The number of carbonyl (C=O) groups excluding carboxylic acids is 4. The smallest absolute Gasteiger partial charge is 0.462 e. The summed E-state index contributed by atoms with van der Waals surface area (Å²) in [6.45, 7) is 9.76. The van der Waals surface area contributed by atoms with Gasteiger partial charge in [-0.1, -0.05) is 440 Å². The highest BCUT2D eigenvalue weighted by molar-refractivity contribution is 7.47. The van der Waals surface area contributed by atoms with Crippen molar-refractivity contribution in [2.24, 2.45) is 11.8 Å². The third-order valence-corrected chi connectivity index (χ3v) is 23.4. The molecule has 17 nitrogen and oxygen atoms in total. The van der Waals surface area contributed by atoms with Crippen molar-refractivity contribution >= 4 is 39.5 Å². The quantitative estimate of drug-likeness (QED) is 0.0222. The van der Waals surface area contributed by atoms with Gasteiger partial charge in [0, 0.05) is 25.7 Å². The first-order valence-corrected chi connectivity index (χ1v) is 50.0. The van der Waals surface area contributed by atoms with E-state index in [1.807, 2.05) is 0 Å². The maximum Gasteiger partial charge on any atom is 0.472 e. The number of esters is 4. The Kier molecular flexibility index (Phi) is 80.7. The molecule has 3 N–H and O–H groups in total. The van der Waals surface area contributed by atoms with Crippen LogP contribution >= 0.6 is 15.6 Å². The number of rotatable bonds is 90. The van der Waals surface area contributed by atoms with Crippen LogP contribution in [0.25, 0.3) is 0 Å². The first-order valence-electron chi connectivity index (χ1n) is 47.0. The number of aliphatic hydroxyl groups excluding tert-OH is 1. The Balaban J connectivity index is 5.26. The van der Waals surface area contributed by atoms with Gasteiger partial charge in [-0.2, -0.15) is 0 Å². The van der Waals surface area contributed by atoms with Crippen LogP contribution in [0.2, 0.25) is 0 Å². The molecule has 19 heteroatoms. The molecule has 0 amide bonds. The van der Waals surface area contributed by atoms with Crippen LogP contribution < -0.4 is 0 Å². The summed E-state index contributed by atoms with van der Waals surface area (Å²) in [5.41, 5.74) is 0. The number of phosphoric acid groups is 2. The number of phosphoric ester groups is 2. The molecular formula is C91H178O17P2. The Bertz CT molecular complexity index is 2100. The molecule has 0 heterocycles. The Morgan fingerprint density at radius 1 is 0.245 bits per heavy atom. The van der Waals surface area contributed by atoms with Gasteiger partial charge in [0.15, 0.2) is 12.2 Å². The summed E-state index contributed by atoms with van der Waals surface area (Å²) in [6, 6.07) is 0. The summed E-state index contributed by atoms with van der Waals surface area (Å²) in [4.78, 5) is 73.4. The van der Waals surface area contributed by atoms with Crippen LogP contribution in [0.5, 0.6) is 0 Å². The van der Waals surface area contributed by atoms with E-state index in [2.05, 4.69) is 41.5 Å². The predicted octanol–water partition coefficient (Wildman–Crippen LogP) is 28.2. The van der Waals surface area contributed by atoms with Crippen LogP contribution in [-0.4, -0.2) is 96.7 Å². The first kappa shape index (κ1) is 108. The summed E-state index contributed by atoms with van der Waals surface area (Å²) in [7, 11) is -9.94. The van der Waals surface area contributed by atoms with Gasteiger partial charge in [0.1, 0.15) is 19.3 Å². The maximum absolute atomic E-state index is 13.2. The number of carbonyl (C=O) groups is 4. The van der Waals surface area contributed by atoms with Crippen molar-refractivity contribution in [3.05, 3.63) is 0 Å². The third-order valence-electron chi connectivity index (χ3n) is 21.5. The van der Waals surface area contributed by atoms with Crippen LogP contribution in [0.4, 0.5) is 0 Å². The Labute approximate surface area is 677 Å². The number of aliphatic hydroxyl groups is 1. The second-order valence-electron chi connectivity index (χ2n) is 33.6. The zero-order valence-electron chi connectivity index (χ0n) is 72.6. The summed E-state index contributed by atoms with van der Waals surface area (Å²) in [5, 5.41) is 10.7. The molecule has 0 spiro atoms. The van der Waals surface area contributed by atoms with E-state index >= 15 is 0 Å². The minimum Gasteiger partial charge on any atom is -0.462 e. The average Bonchev–Trinajstić information content (AvgIpc) is 0.899. The zero-order chi connectivity index (χ0) is 80.6. The lowest BCUT2D eigenvalue weighted by Crippen LogP contribution is -2.30. The topological polar surface area (TPSA) is 237 Å². The molecule has 0 aromatic rings. The van der Waals surface area contributed by atoms with Crippen LogP contribution in [0.1, 0.15) is 491 Å². The van der Waals surface area contributed by atoms with Crippen molar-refractivity contribution in [1.82, 2.24) is 0 Å². The molecule has 0 rings (SSSR count). The third kappa shape index (κ3) is 84.0. The van der Waals surface area contributed by atoms with E-state index in [1.165, 1.54) is 308 Å². The number of hydrogen-bond donors (Lipinski definition) is 3. The van der Waals surface area contributed by atoms with Crippen LogP contribution in [0.15, 0.2) is 0 Å². The van der Waals surface area contributed by atoms with Crippen LogP contribution in [0, 0.1) is 11.8 Å². The standard InChI is InChI=1S/C91H178O17P2/c1-7-9-11-13-15-17-19-21-22-23-24-25-26-27-32-39-45-51-57-63-69-75-90(95)107-87(80-102-89(94)74-68-62-56-50-44-38-31-29-28-30-36-41-47-53-59-65-71-83(3)4)82-106-110(99,100)104-78-85(92)77-103-109(97,98)105-81-86(79-101-88(93)73-67-61-55-49-43-35-20-18-16-14-12-10-8-2)108-91(96)76-70-64-58-52-46-40-34-33-37-42-48-54-60-66-72-84(5)6/h83-87,92H,7-82H2,1-6H3,(H,97,98)(H,99,100)/t85-,86+,87+/m0/s1. The summed E-state index contributed by atoms with van der Waals surface area (Å²) < 4.78 is 69.1. The molecule has 654 valence electrons. The molecule has 0 aromatic heterocycles. The van der Waals surface area contributed by atoms with Crippen molar-refractivity contribution in [1.29, 1.82) is 0 Å². The largest absolute Gasteiger partial charge is 0.472 e. The number of hydrogen-bond acceptors (Lipinski definition) is 15. The fourth-order valence-corrected chi connectivity index (χ4v) is 15.9. The van der Waals surface area contributed by atoms with E-state index in [0.29, 0.717) is 25.7 Å². The molecule has 0 fully saturated rings. The lowest BCUT2D eigenvalue weighted by atomic mass is 10.0. The molecule has 0 aliphatic heterocycles. The molecule has 0 aliphatic rings. The van der Waals surface area contributed by atoms with Gasteiger partial charge in [-0.3, -0.25) is 37.3 Å². The Hall–Kier alpha value is -1.94. The number of ether oxygens (including phenoxy) is 4. The minimum atomic E-state index is -4.97. The lowest BCUT2D eigenvalue weighted by molar-refractivity contribution is -0.161. The van der Waals surface area contributed by atoms with Crippen LogP contribution in [-0.2, 0) is 65.4 Å². The molecule has 0 saturated carbocycles. The van der Waals surface area contributed by atoms with Gasteiger partial charge in [0.05, 0.1) is 26.4 Å². The zero-order valence-corrected chi connectivity index (χ0v) is 74.4. The lowest BCUT2D eigenvalue weighted by Gasteiger charge is -2.21. The fourth-order valence-electron chi connectivity index (χ4n) is 14.3. The highest BCUT2D eigenvalue weighted by Gasteiger charge is 2.31. The van der Waals surface area contributed by atoms with Crippen molar-refractivity contribution in [3.63, 3.8) is 0 Å². The van der Waals surface area contributed by atoms with Gasteiger partial charge in [-0.05, 0) is 37.5 Å². The SMILES string of the molecule is CCCCCCCCCCCCCCCCCCCCCCCC(=O)O[C@H](COC(=O)CCCCCCCCCCCCCCCCCCC(C)C)COP(=O)(O)OC[C@@H](O)COP(=O)(O)OC[C@@H](COC(=O)CCCCCCCCCCCCCCC)OC(=O)CCCCCCCCCCCCCCCCC(C)C. The highest BCUT2D eigenvalue weighted by Crippen LogP contribution is 2.45. The molecular weight excluding hydrogens is 1430 g/mol. The molecule has 0 aromatic carbocycles. The molecule has 5 atom stereocenters. The van der Waals surface area contributed by atoms with Gasteiger partial charge in [0.25, 0.3) is 0 Å². The van der Waals surface area contributed by atoms with E-state index in [-0.39, 0.29) is 25.7 Å². The van der Waals surface area contributed by atoms with Crippen molar-refractivity contribution in [2.45, 2.75) is 509 Å². The highest BCUT2D eigenvalue weighted by atomic mass is 31.2. The molecule has 0 radical (unpaired) electrons. The van der Waals surface area contributed by atoms with Gasteiger partial charge in [-0.15, -0.1) is 0 Å². The first-order chi connectivity index (χ1) is 53.4. The fraction of sp³-hybridized carbons (Fsp3) is 0.956. The average molecular weight is 1610 g/mol. The summed E-state index contributed by atoms with van der Waals surface area (Å²) in [5.74, 6) is -0.486. The van der Waals surface area contributed by atoms with Crippen molar-refractivity contribution < 1.29 is 80.2 Å². The molecule has 2 unspecified atom stereocenters. The Morgan fingerprint density at radius 2 is 0.418 bits per heavy atom. The molecule has 0 saturated heterocycles. The molecule has 110 heavy (non-hydrogen) atoms. The number of unbranched alkanes of at least 4 members (excludes halogenated alkanes) is 60. The summed E-state index contributed by atoms with van der Waals surface area (Å²) >= 11 is 0. The molecule has 0 aliphatic carbocycles. The Morgan fingerprint density at radius 3 is 0.618 bits per heavy atom. The van der Waals surface area contributed by atoms with Crippen molar-refractivity contribution in [2.75, 3.05) is 39.6 Å². The normalized spacial score (nSPS) is 13.7. The molecule has 0 bridgehead atoms. The maximum atomic E-state index is 13.2. The second-order valence-corrected chi connectivity index (χ2v) is 36.6.